The number of carbonyl (C=O) groups is 3. The number of aliphatic carboxylic acids is 1. The van der Waals surface area contributed by atoms with Gasteiger partial charge in [-0.3, -0.25) is 14.4 Å². The van der Waals surface area contributed by atoms with Crippen molar-refractivity contribution in [2.24, 2.45) is 0 Å². The molecule has 0 spiro atoms. The van der Waals surface area contributed by atoms with Gasteiger partial charge in [0, 0.05) is 26.6 Å². The van der Waals surface area contributed by atoms with Crippen LogP contribution in [0.2, 0.25) is 0 Å². The lowest BCUT2D eigenvalue weighted by Crippen LogP contribution is -2.44. The number of hydrogen-bond acceptors (Lipinski definition) is 4. The van der Waals surface area contributed by atoms with Crippen molar-refractivity contribution in [3.05, 3.63) is 0 Å². The normalized spacial score (nSPS) is 14.9. The molecule has 7 heteroatoms. The molecule has 0 unspecified atom stereocenters. The lowest BCUT2D eigenvalue weighted by Gasteiger charge is -2.23. The average Bonchev–Trinajstić information content (AvgIpc) is 2.70. The van der Waals surface area contributed by atoms with Gasteiger partial charge >= 0.3 is 5.97 Å². The predicted molar refractivity (Wildman–Crippen MR) is 61.9 cm³/mol. The summed E-state index contributed by atoms with van der Waals surface area (Å²) in [5.41, 5.74) is 0. The van der Waals surface area contributed by atoms with Crippen LogP contribution in [-0.2, 0) is 19.1 Å². The monoisotopic (exact) mass is 258 g/mol. The molecule has 0 aromatic carbocycles. The Labute approximate surface area is 105 Å². The van der Waals surface area contributed by atoms with Gasteiger partial charge in [0.05, 0.1) is 13.2 Å². The summed E-state index contributed by atoms with van der Waals surface area (Å²) in [7, 11) is 1.48. The molecule has 0 aliphatic carbocycles. The zero-order valence-electron chi connectivity index (χ0n) is 10.4. The number of nitrogens with zero attached hydrogens (tertiary/aromatic N) is 2. The van der Waals surface area contributed by atoms with Gasteiger partial charge in [-0.05, 0) is 6.42 Å². The maximum Gasteiger partial charge on any atom is 0.323 e. The summed E-state index contributed by atoms with van der Waals surface area (Å²) in [5.74, 6) is -1.48. The van der Waals surface area contributed by atoms with Crippen molar-refractivity contribution in [2.45, 2.75) is 12.8 Å². The first kappa shape index (κ1) is 14.4. The smallest absolute Gasteiger partial charge is 0.323 e. The summed E-state index contributed by atoms with van der Waals surface area (Å²) in [5, 5.41) is 8.73. The molecule has 0 atom stereocenters. The molecule has 102 valence electrons. The van der Waals surface area contributed by atoms with Gasteiger partial charge in [0.1, 0.15) is 6.54 Å². The summed E-state index contributed by atoms with van der Waals surface area (Å²) in [6.45, 7) is 0.631. The van der Waals surface area contributed by atoms with Crippen LogP contribution in [0.15, 0.2) is 0 Å². The zero-order chi connectivity index (χ0) is 13.5. The number of rotatable bonds is 7. The molecule has 1 rings (SSSR count). The summed E-state index contributed by atoms with van der Waals surface area (Å²) < 4.78 is 4.83. The van der Waals surface area contributed by atoms with Crippen molar-refractivity contribution in [1.82, 2.24) is 9.80 Å². The number of carbonyl (C=O) groups excluding carboxylic acids is 2. The molecule has 0 radical (unpaired) electrons. The van der Waals surface area contributed by atoms with E-state index in [1.807, 2.05) is 0 Å². The van der Waals surface area contributed by atoms with Crippen LogP contribution >= 0.6 is 0 Å². The molecule has 2 amide bonds. The van der Waals surface area contributed by atoms with Crippen LogP contribution < -0.4 is 0 Å². The second-order valence-electron chi connectivity index (χ2n) is 4.12. The number of ether oxygens (including phenoxy) is 1. The van der Waals surface area contributed by atoms with Crippen LogP contribution in [0.1, 0.15) is 12.8 Å². The molecule has 7 nitrogen and oxygen atoms in total. The highest BCUT2D eigenvalue weighted by atomic mass is 16.5. The standard InChI is InChI=1S/C11H18N2O5/c1-18-6-5-13(8-11(16)17)10(15)7-12-4-2-3-9(12)14/h2-8H2,1H3,(H,16,17). The van der Waals surface area contributed by atoms with E-state index >= 15 is 0 Å². The average molecular weight is 258 g/mol. The van der Waals surface area contributed by atoms with Gasteiger partial charge in [0.15, 0.2) is 0 Å². The van der Waals surface area contributed by atoms with Gasteiger partial charge in [-0.1, -0.05) is 0 Å². The summed E-state index contributed by atoms with van der Waals surface area (Å²) >= 11 is 0. The van der Waals surface area contributed by atoms with Crippen LogP contribution in [0.3, 0.4) is 0 Å². The maximum absolute atomic E-state index is 11.9. The van der Waals surface area contributed by atoms with Crippen LogP contribution in [-0.4, -0.2) is 72.6 Å². The predicted octanol–water partition coefficient (Wildman–Crippen LogP) is -0.832. The van der Waals surface area contributed by atoms with E-state index in [9.17, 15) is 14.4 Å². The topological polar surface area (TPSA) is 87.2 Å². The highest BCUT2D eigenvalue weighted by molar-refractivity contribution is 5.87. The number of carboxylic acid groups (broad SMARTS) is 1. The Kier molecular flexibility index (Phi) is 5.57. The minimum absolute atomic E-state index is 0.0458. The minimum atomic E-state index is -1.08. The number of likely N-dealkylation sites (tertiary alicyclic amines) is 1. The molecular weight excluding hydrogens is 240 g/mol. The summed E-state index contributed by atoms with van der Waals surface area (Å²) in [4.78, 5) is 36.6. The lowest BCUT2D eigenvalue weighted by molar-refractivity contribution is -0.146. The van der Waals surface area contributed by atoms with E-state index in [1.165, 1.54) is 16.9 Å². The molecule has 1 aliphatic heterocycles. The Hall–Kier alpha value is -1.63. The van der Waals surface area contributed by atoms with Gasteiger partial charge in [-0.15, -0.1) is 0 Å². The first-order chi connectivity index (χ1) is 8.54. The van der Waals surface area contributed by atoms with Crippen molar-refractivity contribution in [3.8, 4) is 0 Å². The molecule has 0 saturated carbocycles. The second-order valence-corrected chi connectivity index (χ2v) is 4.12. The number of hydrogen-bond donors (Lipinski definition) is 1. The number of amides is 2. The maximum atomic E-state index is 11.9. The largest absolute Gasteiger partial charge is 0.480 e. The molecule has 1 N–H and O–H groups in total. The molecular formula is C11H18N2O5. The minimum Gasteiger partial charge on any atom is -0.480 e. The number of carboxylic acids is 1. The molecule has 0 bridgehead atoms. The van der Waals surface area contributed by atoms with Gasteiger partial charge in [-0.2, -0.15) is 0 Å². The Bertz CT molecular complexity index is 331. The second kappa shape index (κ2) is 6.95. The van der Waals surface area contributed by atoms with E-state index in [-0.39, 0.29) is 38.1 Å². The fourth-order valence-electron chi connectivity index (χ4n) is 1.79. The van der Waals surface area contributed by atoms with Crippen molar-refractivity contribution in [2.75, 3.05) is 39.9 Å². The van der Waals surface area contributed by atoms with Crippen LogP contribution in [0.5, 0.6) is 0 Å². The van der Waals surface area contributed by atoms with Crippen molar-refractivity contribution in [1.29, 1.82) is 0 Å². The molecule has 0 aromatic rings. The lowest BCUT2D eigenvalue weighted by atomic mass is 10.4. The third-order valence-corrected chi connectivity index (χ3v) is 2.74. The third-order valence-electron chi connectivity index (χ3n) is 2.74. The first-order valence-electron chi connectivity index (χ1n) is 5.81. The van der Waals surface area contributed by atoms with E-state index in [2.05, 4.69) is 0 Å². The molecule has 1 aliphatic rings. The molecule has 1 heterocycles. The first-order valence-corrected chi connectivity index (χ1v) is 5.81. The van der Waals surface area contributed by atoms with Crippen molar-refractivity contribution in [3.63, 3.8) is 0 Å². The van der Waals surface area contributed by atoms with E-state index in [1.54, 1.807) is 0 Å². The highest BCUT2D eigenvalue weighted by Gasteiger charge is 2.25. The SMILES string of the molecule is COCCN(CC(=O)O)C(=O)CN1CCCC1=O. The van der Waals surface area contributed by atoms with Gasteiger partial charge in [0.25, 0.3) is 0 Å². The molecule has 1 fully saturated rings. The Balaban J connectivity index is 2.51. The van der Waals surface area contributed by atoms with Crippen LogP contribution in [0.25, 0.3) is 0 Å². The zero-order valence-corrected chi connectivity index (χ0v) is 10.4. The van der Waals surface area contributed by atoms with E-state index in [4.69, 9.17) is 9.84 Å². The fourth-order valence-corrected chi connectivity index (χ4v) is 1.79. The Morgan fingerprint density at radius 2 is 2.22 bits per heavy atom. The molecule has 18 heavy (non-hydrogen) atoms. The van der Waals surface area contributed by atoms with Crippen LogP contribution in [0, 0.1) is 0 Å². The summed E-state index contributed by atoms with van der Waals surface area (Å²) in [6, 6.07) is 0. The van der Waals surface area contributed by atoms with E-state index in [0.29, 0.717) is 13.0 Å². The molecule has 1 saturated heterocycles. The van der Waals surface area contributed by atoms with E-state index in [0.717, 1.165) is 6.42 Å². The fraction of sp³-hybridized carbons (Fsp3) is 0.727. The van der Waals surface area contributed by atoms with E-state index < -0.39 is 5.97 Å². The quantitative estimate of drug-likeness (QED) is 0.644. The van der Waals surface area contributed by atoms with Gasteiger partial charge in [0.2, 0.25) is 11.8 Å². The van der Waals surface area contributed by atoms with Gasteiger partial charge < -0.3 is 19.6 Å². The summed E-state index contributed by atoms with van der Waals surface area (Å²) in [6.07, 6.45) is 1.22. The third kappa shape index (κ3) is 4.33. The Morgan fingerprint density at radius 3 is 2.72 bits per heavy atom. The number of methoxy groups -OCH3 is 1. The van der Waals surface area contributed by atoms with Crippen molar-refractivity contribution >= 4 is 17.8 Å². The Morgan fingerprint density at radius 1 is 1.50 bits per heavy atom. The molecule has 0 aromatic heterocycles. The van der Waals surface area contributed by atoms with Crippen molar-refractivity contribution < 1.29 is 24.2 Å². The highest BCUT2D eigenvalue weighted by Crippen LogP contribution is 2.09. The van der Waals surface area contributed by atoms with Gasteiger partial charge in [-0.25, -0.2) is 0 Å². The van der Waals surface area contributed by atoms with Crippen LogP contribution in [0.4, 0.5) is 0 Å².